The standard InChI is InChI=1S/C22H22N2O4/c1-14-7-6-8-15(2)19(14)27-12-11-24-20(25)22(3,23-21(24)26)18-13-16-9-4-5-10-17(16)28-18/h4-10,13H,11-12H2,1-3H3,(H,23,26). The molecule has 1 unspecified atom stereocenters. The van der Waals surface area contributed by atoms with E-state index in [0.29, 0.717) is 11.3 Å². The van der Waals surface area contributed by atoms with Crippen molar-refractivity contribution in [3.05, 3.63) is 65.4 Å². The Morgan fingerprint density at radius 3 is 2.50 bits per heavy atom. The van der Waals surface area contributed by atoms with Crippen LogP contribution in [0.4, 0.5) is 4.79 Å². The van der Waals surface area contributed by atoms with Crippen LogP contribution in [0, 0.1) is 13.8 Å². The quantitative estimate of drug-likeness (QED) is 0.684. The van der Waals surface area contributed by atoms with Gasteiger partial charge in [0, 0.05) is 5.39 Å². The molecule has 1 aliphatic heterocycles. The summed E-state index contributed by atoms with van der Waals surface area (Å²) in [5, 5.41) is 3.65. The monoisotopic (exact) mass is 378 g/mol. The molecule has 1 saturated heterocycles. The summed E-state index contributed by atoms with van der Waals surface area (Å²) in [6.07, 6.45) is 0. The zero-order valence-corrected chi connectivity index (χ0v) is 16.1. The zero-order chi connectivity index (χ0) is 19.9. The van der Waals surface area contributed by atoms with E-state index in [1.807, 2.05) is 56.3 Å². The molecule has 1 aliphatic rings. The first-order chi connectivity index (χ1) is 13.4. The predicted molar refractivity (Wildman–Crippen MR) is 105 cm³/mol. The van der Waals surface area contributed by atoms with Crippen molar-refractivity contribution < 1.29 is 18.7 Å². The number of nitrogens with one attached hydrogen (secondary N) is 1. The second-order valence-corrected chi connectivity index (χ2v) is 7.23. The van der Waals surface area contributed by atoms with Crippen LogP contribution < -0.4 is 10.1 Å². The normalized spacial score (nSPS) is 19.3. The van der Waals surface area contributed by atoms with Crippen molar-refractivity contribution in [1.29, 1.82) is 0 Å². The molecule has 1 aromatic heterocycles. The highest BCUT2D eigenvalue weighted by Crippen LogP contribution is 2.33. The average molecular weight is 378 g/mol. The number of para-hydroxylation sites is 2. The van der Waals surface area contributed by atoms with Crippen LogP contribution in [0.5, 0.6) is 5.75 Å². The number of fused-ring (bicyclic) bond motifs is 1. The lowest BCUT2D eigenvalue weighted by molar-refractivity contribution is -0.131. The van der Waals surface area contributed by atoms with E-state index >= 15 is 0 Å². The average Bonchev–Trinajstić information content (AvgIpc) is 3.19. The van der Waals surface area contributed by atoms with Crippen LogP contribution in [-0.2, 0) is 10.3 Å². The molecule has 2 aromatic carbocycles. The minimum absolute atomic E-state index is 0.161. The Hall–Kier alpha value is -3.28. The van der Waals surface area contributed by atoms with Gasteiger partial charge >= 0.3 is 6.03 Å². The highest BCUT2D eigenvalue weighted by atomic mass is 16.5. The molecule has 0 radical (unpaired) electrons. The van der Waals surface area contributed by atoms with Crippen LogP contribution in [-0.4, -0.2) is 30.0 Å². The summed E-state index contributed by atoms with van der Waals surface area (Å²) >= 11 is 0. The van der Waals surface area contributed by atoms with Gasteiger partial charge in [-0.1, -0.05) is 36.4 Å². The van der Waals surface area contributed by atoms with E-state index in [1.54, 1.807) is 13.0 Å². The molecule has 2 heterocycles. The van der Waals surface area contributed by atoms with Gasteiger partial charge in [-0.2, -0.15) is 0 Å². The summed E-state index contributed by atoms with van der Waals surface area (Å²) in [6.45, 7) is 5.98. The predicted octanol–water partition coefficient (Wildman–Crippen LogP) is 3.90. The van der Waals surface area contributed by atoms with E-state index in [-0.39, 0.29) is 19.1 Å². The Morgan fingerprint density at radius 1 is 1.07 bits per heavy atom. The number of hydrogen-bond acceptors (Lipinski definition) is 4. The third-order valence-electron chi connectivity index (χ3n) is 5.16. The number of imide groups is 1. The van der Waals surface area contributed by atoms with Crippen molar-refractivity contribution in [2.24, 2.45) is 0 Å². The molecule has 4 rings (SSSR count). The van der Waals surface area contributed by atoms with Crippen molar-refractivity contribution >= 4 is 22.9 Å². The van der Waals surface area contributed by atoms with Gasteiger partial charge in [-0.25, -0.2) is 4.79 Å². The van der Waals surface area contributed by atoms with Crippen LogP contribution in [0.2, 0.25) is 0 Å². The van der Waals surface area contributed by atoms with Gasteiger partial charge < -0.3 is 14.5 Å². The number of nitrogens with zero attached hydrogens (tertiary/aromatic N) is 1. The first kappa shape index (κ1) is 18.1. The summed E-state index contributed by atoms with van der Waals surface area (Å²) in [5.74, 6) is 0.862. The lowest BCUT2D eigenvalue weighted by Gasteiger charge is -2.19. The fourth-order valence-electron chi connectivity index (χ4n) is 3.56. The van der Waals surface area contributed by atoms with Gasteiger partial charge in [0.25, 0.3) is 5.91 Å². The Balaban J connectivity index is 1.50. The van der Waals surface area contributed by atoms with Gasteiger partial charge in [0.15, 0.2) is 5.54 Å². The maximum absolute atomic E-state index is 13.0. The third kappa shape index (κ3) is 2.91. The molecule has 0 bridgehead atoms. The number of amides is 3. The fraction of sp³-hybridized carbons (Fsp3) is 0.273. The van der Waals surface area contributed by atoms with Crippen LogP contribution in [0.3, 0.4) is 0 Å². The van der Waals surface area contributed by atoms with E-state index in [0.717, 1.165) is 22.3 Å². The second kappa shape index (κ2) is 6.71. The number of furan rings is 1. The molecule has 144 valence electrons. The molecule has 6 heteroatoms. The van der Waals surface area contributed by atoms with Gasteiger partial charge in [-0.15, -0.1) is 0 Å². The number of benzene rings is 2. The smallest absolute Gasteiger partial charge is 0.325 e. The molecular weight excluding hydrogens is 356 g/mol. The van der Waals surface area contributed by atoms with Crippen molar-refractivity contribution in [2.45, 2.75) is 26.3 Å². The number of rotatable bonds is 5. The Bertz CT molecular complexity index is 1020. The molecule has 28 heavy (non-hydrogen) atoms. The van der Waals surface area contributed by atoms with Crippen molar-refractivity contribution in [3.8, 4) is 5.75 Å². The summed E-state index contributed by atoms with van der Waals surface area (Å²) < 4.78 is 11.7. The molecular formula is C22H22N2O4. The molecule has 1 atom stereocenters. The maximum atomic E-state index is 13.0. The van der Waals surface area contributed by atoms with Crippen molar-refractivity contribution in [3.63, 3.8) is 0 Å². The van der Waals surface area contributed by atoms with E-state index in [2.05, 4.69) is 5.32 Å². The third-order valence-corrected chi connectivity index (χ3v) is 5.16. The molecule has 3 aromatic rings. The summed E-state index contributed by atoms with van der Waals surface area (Å²) in [6, 6.07) is 14.8. The van der Waals surface area contributed by atoms with E-state index < -0.39 is 11.6 Å². The van der Waals surface area contributed by atoms with E-state index in [1.165, 1.54) is 4.90 Å². The topological polar surface area (TPSA) is 71.8 Å². The summed E-state index contributed by atoms with van der Waals surface area (Å²) in [4.78, 5) is 26.7. The lowest BCUT2D eigenvalue weighted by Crippen LogP contribution is -2.41. The molecule has 1 N–H and O–H groups in total. The minimum Gasteiger partial charge on any atom is -0.491 e. The van der Waals surface area contributed by atoms with E-state index in [4.69, 9.17) is 9.15 Å². The highest BCUT2D eigenvalue weighted by Gasteiger charge is 2.51. The number of ether oxygens (including phenoxy) is 1. The maximum Gasteiger partial charge on any atom is 0.325 e. The van der Waals surface area contributed by atoms with Crippen LogP contribution in [0.25, 0.3) is 11.0 Å². The lowest BCUT2D eigenvalue weighted by atomic mass is 9.99. The largest absolute Gasteiger partial charge is 0.491 e. The molecule has 1 fully saturated rings. The highest BCUT2D eigenvalue weighted by molar-refractivity contribution is 6.07. The van der Waals surface area contributed by atoms with Crippen LogP contribution >= 0.6 is 0 Å². The second-order valence-electron chi connectivity index (χ2n) is 7.23. The SMILES string of the molecule is Cc1cccc(C)c1OCCN1C(=O)NC(C)(c2cc3ccccc3o2)C1=O. The molecule has 6 nitrogen and oxygen atoms in total. The van der Waals surface area contributed by atoms with Gasteiger partial charge in [-0.3, -0.25) is 9.69 Å². The summed E-state index contributed by atoms with van der Waals surface area (Å²) in [7, 11) is 0. The van der Waals surface area contributed by atoms with Gasteiger partial charge in [0.05, 0.1) is 6.54 Å². The Labute approximate surface area is 163 Å². The number of hydrogen-bond donors (Lipinski definition) is 1. The van der Waals surface area contributed by atoms with Crippen LogP contribution in [0.15, 0.2) is 52.9 Å². The van der Waals surface area contributed by atoms with Gasteiger partial charge in [-0.05, 0) is 44.0 Å². The molecule has 0 aliphatic carbocycles. The fourth-order valence-corrected chi connectivity index (χ4v) is 3.56. The summed E-state index contributed by atoms with van der Waals surface area (Å²) in [5.41, 5.74) is 1.49. The number of carbonyl (C=O) groups is 2. The van der Waals surface area contributed by atoms with Gasteiger partial charge in [0.1, 0.15) is 23.7 Å². The number of urea groups is 1. The first-order valence-corrected chi connectivity index (χ1v) is 9.22. The van der Waals surface area contributed by atoms with Crippen molar-refractivity contribution in [2.75, 3.05) is 13.2 Å². The number of aryl methyl sites for hydroxylation is 2. The molecule has 0 saturated carbocycles. The number of carbonyl (C=O) groups excluding carboxylic acids is 2. The Morgan fingerprint density at radius 2 is 1.79 bits per heavy atom. The zero-order valence-electron chi connectivity index (χ0n) is 16.1. The minimum atomic E-state index is -1.23. The molecule has 3 amide bonds. The van der Waals surface area contributed by atoms with Crippen molar-refractivity contribution in [1.82, 2.24) is 10.2 Å². The Kier molecular flexibility index (Phi) is 4.34. The first-order valence-electron chi connectivity index (χ1n) is 9.22. The molecule has 0 spiro atoms. The van der Waals surface area contributed by atoms with E-state index in [9.17, 15) is 9.59 Å². The van der Waals surface area contributed by atoms with Crippen LogP contribution in [0.1, 0.15) is 23.8 Å². The van der Waals surface area contributed by atoms with Gasteiger partial charge in [0.2, 0.25) is 0 Å².